The number of benzene rings is 3. The molecule has 0 fully saturated rings. The number of rotatable bonds is 6. The second-order valence-electron chi connectivity index (χ2n) is 6.70. The van der Waals surface area contributed by atoms with Crippen LogP contribution in [0.3, 0.4) is 0 Å². The molecule has 0 aliphatic rings. The molecule has 11 heteroatoms. The van der Waals surface area contributed by atoms with Crippen molar-refractivity contribution in [2.45, 2.75) is 11.1 Å². The van der Waals surface area contributed by atoms with E-state index in [-0.39, 0.29) is 5.69 Å². The molecule has 0 radical (unpaired) electrons. The Labute approximate surface area is 185 Å². The first-order chi connectivity index (χ1) is 15.4. The maximum absolute atomic E-state index is 14.2. The highest BCUT2D eigenvalue weighted by Crippen LogP contribution is 2.31. The third kappa shape index (κ3) is 6.39. The Morgan fingerprint density at radius 3 is 2.24 bits per heavy atom. The normalized spacial score (nSPS) is 12.0. The molecule has 172 valence electrons. The fourth-order valence-electron chi connectivity index (χ4n) is 2.69. The molecular weight excluding hydrogens is 467 g/mol. The Bertz CT molecular complexity index is 1300. The third-order valence-corrected chi connectivity index (χ3v) is 5.62. The Hall–Kier alpha value is -3.73. The highest BCUT2D eigenvalue weighted by atomic mass is 32.2. The van der Waals surface area contributed by atoms with Crippen molar-refractivity contribution < 1.29 is 35.2 Å². The molecule has 3 aromatic carbocycles. The maximum atomic E-state index is 14.2. The van der Waals surface area contributed by atoms with Gasteiger partial charge in [-0.3, -0.25) is 9.52 Å². The van der Waals surface area contributed by atoms with Gasteiger partial charge in [0.2, 0.25) is 5.91 Å². The lowest BCUT2D eigenvalue weighted by molar-refractivity contribution is -0.137. The summed E-state index contributed by atoms with van der Waals surface area (Å²) in [5.74, 6) is -2.30. The average molecular weight is 482 g/mol. The van der Waals surface area contributed by atoms with Crippen LogP contribution in [0.15, 0.2) is 77.7 Å². The van der Waals surface area contributed by atoms with E-state index in [4.69, 9.17) is 0 Å². The van der Waals surface area contributed by atoms with Gasteiger partial charge in [-0.1, -0.05) is 18.2 Å². The zero-order chi connectivity index (χ0) is 24.2. The van der Waals surface area contributed by atoms with Crippen molar-refractivity contribution in [3.8, 4) is 0 Å². The van der Waals surface area contributed by atoms with Gasteiger partial charge in [0.1, 0.15) is 16.5 Å². The number of alkyl halides is 3. The number of carbonyl (C=O) groups excluding carboxylic acids is 1. The van der Waals surface area contributed by atoms with Gasteiger partial charge in [-0.25, -0.2) is 17.2 Å². The van der Waals surface area contributed by atoms with E-state index in [9.17, 15) is 35.2 Å². The van der Waals surface area contributed by atoms with Gasteiger partial charge in [-0.15, -0.1) is 0 Å². The van der Waals surface area contributed by atoms with E-state index >= 15 is 0 Å². The van der Waals surface area contributed by atoms with E-state index < -0.39 is 49.9 Å². The summed E-state index contributed by atoms with van der Waals surface area (Å²) in [5.41, 5.74) is -1.05. The minimum atomic E-state index is -4.70. The Balaban J connectivity index is 1.79. The predicted octanol–water partition coefficient (Wildman–Crippen LogP) is 5.44. The van der Waals surface area contributed by atoms with Gasteiger partial charge in [0.15, 0.2) is 0 Å². The highest BCUT2D eigenvalue weighted by Gasteiger charge is 2.31. The lowest BCUT2D eigenvalue weighted by Crippen LogP contribution is -2.16. The Morgan fingerprint density at radius 1 is 0.879 bits per heavy atom. The molecule has 5 nitrogen and oxygen atoms in total. The van der Waals surface area contributed by atoms with Crippen LogP contribution in [0.25, 0.3) is 6.08 Å². The average Bonchev–Trinajstić information content (AvgIpc) is 2.74. The standard InChI is InChI=1S/C22H15F5N2O3S/c23-16-7-4-14(5-8-16)6-11-21(30)28-17-9-10-19(24)20(13-17)33(31,32)29-18-3-1-2-15(12-18)22(25,26)27/h1-13,29H,(H,28,30)/b11-6+. The molecule has 0 heterocycles. The maximum Gasteiger partial charge on any atom is 0.416 e. The molecule has 0 atom stereocenters. The van der Waals surface area contributed by atoms with Gasteiger partial charge in [0.25, 0.3) is 10.0 Å². The third-order valence-electron chi connectivity index (χ3n) is 4.23. The summed E-state index contributed by atoms with van der Waals surface area (Å²) in [4.78, 5) is 11.2. The summed E-state index contributed by atoms with van der Waals surface area (Å²) in [5, 5.41) is 2.35. The predicted molar refractivity (Wildman–Crippen MR) is 113 cm³/mol. The van der Waals surface area contributed by atoms with Crippen LogP contribution in [0.1, 0.15) is 11.1 Å². The van der Waals surface area contributed by atoms with Crippen molar-refractivity contribution in [3.63, 3.8) is 0 Å². The molecule has 0 aromatic heterocycles. The van der Waals surface area contributed by atoms with Crippen LogP contribution >= 0.6 is 0 Å². The molecule has 0 aliphatic heterocycles. The van der Waals surface area contributed by atoms with Gasteiger partial charge in [0.05, 0.1) is 5.56 Å². The summed E-state index contributed by atoms with van der Waals surface area (Å²) in [6, 6.07) is 11.4. The summed E-state index contributed by atoms with van der Waals surface area (Å²) in [7, 11) is -4.62. The molecule has 2 N–H and O–H groups in total. The summed E-state index contributed by atoms with van der Waals surface area (Å²) in [6.07, 6.45) is -2.21. The molecule has 0 aliphatic carbocycles. The van der Waals surface area contributed by atoms with E-state index in [1.54, 1.807) is 0 Å². The SMILES string of the molecule is O=C(/C=C/c1ccc(F)cc1)Nc1ccc(F)c(S(=O)(=O)Nc2cccc(C(F)(F)F)c2)c1. The smallest absolute Gasteiger partial charge is 0.322 e. The zero-order valence-corrected chi connectivity index (χ0v) is 17.3. The second-order valence-corrected chi connectivity index (χ2v) is 8.35. The van der Waals surface area contributed by atoms with Crippen LogP contribution in [0.4, 0.5) is 33.3 Å². The lowest BCUT2D eigenvalue weighted by atomic mass is 10.2. The van der Waals surface area contributed by atoms with Crippen molar-refractivity contribution in [2.24, 2.45) is 0 Å². The molecule has 0 saturated heterocycles. The van der Waals surface area contributed by atoms with Crippen molar-refractivity contribution in [1.82, 2.24) is 0 Å². The van der Waals surface area contributed by atoms with Gasteiger partial charge in [-0.2, -0.15) is 13.2 Å². The number of halogens is 5. The molecular formula is C22H15F5N2O3S. The first-order valence-corrected chi connectivity index (χ1v) is 10.7. The van der Waals surface area contributed by atoms with Crippen LogP contribution in [0.5, 0.6) is 0 Å². The highest BCUT2D eigenvalue weighted by molar-refractivity contribution is 7.92. The van der Waals surface area contributed by atoms with E-state index in [2.05, 4.69) is 5.32 Å². The van der Waals surface area contributed by atoms with Crippen LogP contribution in [0.2, 0.25) is 0 Å². The Kier molecular flexibility index (Phi) is 6.82. The molecule has 3 rings (SSSR count). The van der Waals surface area contributed by atoms with Crippen LogP contribution in [-0.4, -0.2) is 14.3 Å². The van der Waals surface area contributed by atoms with Crippen molar-refractivity contribution in [1.29, 1.82) is 0 Å². The number of amides is 1. The fourth-order valence-corrected chi connectivity index (χ4v) is 3.84. The topological polar surface area (TPSA) is 75.3 Å². The first-order valence-electron chi connectivity index (χ1n) is 9.18. The van der Waals surface area contributed by atoms with Gasteiger partial charge in [0, 0.05) is 17.5 Å². The Morgan fingerprint density at radius 2 is 1.58 bits per heavy atom. The fraction of sp³-hybridized carbons (Fsp3) is 0.0455. The number of hydrogen-bond donors (Lipinski definition) is 2. The van der Waals surface area contributed by atoms with Crippen molar-refractivity contribution in [2.75, 3.05) is 10.0 Å². The number of hydrogen-bond acceptors (Lipinski definition) is 3. The monoisotopic (exact) mass is 482 g/mol. The zero-order valence-electron chi connectivity index (χ0n) is 16.5. The van der Waals surface area contributed by atoms with Crippen molar-refractivity contribution >= 4 is 33.4 Å². The molecule has 1 amide bonds. The lowest BCUT2D eigenvalue weighted by Gasteiger charge is -2.12. The quantitative estimate of drug-likeness (QED) is 0.363. The largest absolute Gasteiger partial charge is 0.416 e. The molecule has 3 aromatic rings. The number of nitrogens with one attached hydrogen (secondary N) is 2. The summed E-state index contributed by atoms with van der Waals surface area (Å²) < 4.78 is 92.7. The van der Waals surface area contributed by atoms with Crippen molar-refractivity contribution in [3.05, 3.63) is 95.6 Å². The number of sulfonamides is 1. The van der Waals surface area contributed by atoms with Gasteiger partial charge >= 0.3 is 6.18 Å². The minimum absolute atomic E-state index is 0.0745. The van der Waals surface area contributed by atoms with E-state index in [1.165, 1.54) is 30.3 Å². The second kappa shape index (κ2) is 9.41. The van der Waals surface area contributed by atoms with Gasteiger partial charge < -0.3 is 5.32 Å². The minimum Gasteiger partial charge on any atom is -0.322 e. The molecule has 0 unspecified atom stereocenters. The molecule has 0 saturated carbocycles. The van der Waals surface area contributed by atoms with Gasteiger partial charge in [-0.05, 0) is 60.2 Å². The van der Waals surface area contributed by atoms with E-state index in [0.717, 1.165) is 42.5 Å². The van der Waals surface area contributed by atoms with E-state index in [0.29, 0.717) is 11.6 Å². The summed E-state index contributed by atoms with van der Waals surface area (Å²) >= 11 is 0. The molecule has 0 spiro atoms. The first kappa shape index (κ1) is 23.9. The van der Waals surface area contributed by atoms with Crippen LogP contribution in [-0.2, 0) is 21.0 Å². The van der Waals surface area contributed by atoms with E-state index in [1.807, 2.05) is 4.72 Å². The molecule has 0 bridgehead atoms. The summed E-state index contributed by atoms with van der Waals surface area (Å²) in [6.45, 7) is 0. The number of anilines is 2. The van der Waals surface area contributed by atoms with Crippen LogP contribution < -0.4 is 10.0 Å². The van der Waals surface area contributed by atoms with Crippen LogP contribution in [0, 0.1) is 11.6 Å². The molecule has 33 heavy (non-hydrogen) atoms. The number of carbonyl (C=O) groups is 1.